The minimum atomic E-state index is -0.267. The molecule has 1 aromatic rings. The van der Waals surface area contributed by atoms with Crippen molar-refractivity contribution in [3.05, 3.63) is 17.7 Å². The van der Waals surface area contributed by atoms with Crippen molar-refractivity contribution in [1.82, 2.24) is 4.90 Å². The number of hydrogen-bond acceptors (Lipinski definition) is 4. The summed E-state index contributed by atoms with van der Waals surface area (Å²) < 4.78 is 22.7. The van der Waals surface area contributed by atoms with Crippen LogP contribution in [-0.2, 0) is 6.42 Å². The molecule has 1 aromatic carbocycles. The predicted octanol–water partition coefficient (Wildman–Crippen LogP) is 2.63. The van der Waals surface area contributed by atoms with Crippen LogP contribution in [-0.4, -0.2) is 50.5 Å². The molecule has 1 aliphatic heterocycles. The molecule has 0 atom stereocenters. The number of benzene rings is 1. The van der Waals surface area contributed by atoms with E-state index in [1.807, 2.05) is 12.1 Å². The van der Waals surface area contributed by atoms with Crippen molar-refractivity contribution in [3.8, 4) is 17.2 Å². The maximum atomic E-state index is 12.3. The molecule has 0 spiro atoms. The number of likely N-dealkylation sites (tertiary alicyclic amines) is 1. The molecule has 0 aromatic heterocycles. The van der Waals surface area contributed by atoms with Crippen molar-refractivity contribution in [2.24, 2.45) is 5.92 Å². The molecule has 0 aliphatic carbocycles. The SMILES string of the molecule is COc1cc(CC2CCN(CCF)CC2)cc(OC)c1O. The first-order chi connectivity index (χ1) is 10.2. The van der Waals surface area contributed by atoms with Crippen LogP contribution >= 0.6 is 0 Å². The second-order valence-corrected chi connectivity index (χ2v) is 5.53. The van der Waals surface area contributed by atoms with Gasteiger partial charge in [-0.1, -0.05) is 0 Å². The van der Waals surface area contributed by atoms with E-state index < -0.39 is 0 Å². The highest BCUT2D eigenvalue weighted by Crippen LogP contribution is 2.38. The summed E-state index contributed by atoms with van der Waals surface area (Å²) in [6, 6.07) is 3.73. The summed E-state index contributed by atoms with van der Waals surface area (Å²) in [6.07, 6.45) is 3.08. The second kappa shape index (κ2) is 7.50. The molecule has 0 unspecified atom stereocenters. The smallest absolute Gasteiger partial charge is 0.200 e. The lowest BCUT2D eigenvalue weighted by atomic mass is 9.90. The number of methoxy groups -OCH3 is 2. The quantitative estimate of drug-likeness (QED) is 0.876. The van der Waals surface area contributed by atoms with E-state index >= 15 is 0 Å². The standard InChI is InChI=1S/C16H24FNO3/c1-20-14-10-13(11-15(21-2)16(14)19)9-12-3-6-18(7-4-12)8-5-17/h10-12,19H,3-9H2,1-2H3. The van der Waals surface area contributed by atoms with Gasteiger partial charge in [-0.3, -0.25) is 0 Å². The summed E-state index contributed by atoms with van der Waals surface area (Å²) in [7, 11) is 3.07. The van der Waals surface area contributed by atoms with Gasteiger partial charge in [0.1, 0.15) is 6.67 Å². The van der Waals surface area contributed by atoms with Crippen molar-refractivity contribution in [1.29, 1.82) is 0 Å². The normalized spacial score (nSPS) is 16.9. The van der Waals surface area contributed by atoms with E-state index in [1.165, 1.54) is 14.2 Å². The summed E-state index contributed by atoms with van der Waals surface area (Å²) in [4.78, 5) is 2.18. The fourth-order valence-electron chi connectivity index (χ4n) is 2.93. The van der Waals surface area contributed by atoms with Gasteiger partial charge in [0.25, 0.3) is 0 Å². The number of phenols is 1. The van der Waals surface area contributed by atoms with E-state index in [4.69, 9.17) is 9.47 Å². The molecule has 1 saturated heterocycles. The number of phenolic OH excluding ortho intramolecular Hbond substituents is 1. The average Bonchev–Trinajstić information content (AvgIpc) is 2.51. The van der Waals surface area contributed by atoms with Crippen LogP contribution in [0.1, 0.15) is 18.4 Å². The maximum absolute atomic E-state index is 12.3. The monoisotopic (exact) mass is 297 g/mol. The number of aromatic hydroxyl groups is 1. The Kier molecular flexibility index (Phi) is 5.67. The van der Waals surface area contributed by atoms with Crippen LogP contribution < -0.4 is 9.47 Å². The molecule has 1 N–H and O–H groups in total. The highest BCUT2D eigenvalue weighted by Gasteiger charge is 2.20. The summed E-state index contributed by atoms with van der Waals surface area (Å²) in [5, 5.41) is 9.92. The Labute approximate surface area is 125 Å². The van der Waals surface area contributed by atoms with Crippen molar-refractivity contribution < 1.29 is 19.0 Å². The van der Waals surface area contributed by atoms with Gasteiger partial charge >= 0.3 is 0 Å². The van der Waals surface area contributed by atoms with Crippen LogP contribution in [0.3, 0.4) is 0 Å². The summed E-state index contributed by atoms with van der Waals surface area (Å²) >= 11 is 0. The predicted molar refractivity (Wildman–Crippen MR) is 80.1 cm³/mol. The Hall–Kier alpha value is -1.49. The van der Waals surface area contributed by atoms with Gasteiger partial charge in [-0.15, -0.1) is 0 Å². The minimum absolute atomic E-state index is 0.0431. The lowest BCUT2D eigenvalue weighted by Crippen LogP contribution is -2.35. The second-order valence-electron chi connectivity index (χ2n) is 5.53. The molecule has 21 heavy (non-hydrogen) atoms. The van der Waals surface area contributed by atoms with Gasteiger partial charge < -0.3 is 19.5 Å². The van der Waals surface area contributed by atoms with E-state index in [-0.39, 0.29) is 12.4 Å². The minimum Gasteiger partial charge on any atom is -0.502 e. The van der Waals surface area contributed by atoms with Gasteiger partial charge in [0.05, 0.1) is 14.2 Å². The molecular formula is C16H24FNO3. The van der Waals surface area contributed by atoms with Crippen LogP contribution in [0.25, 0.3) is 0 Å². The molecule has 0 bridgehead atoms. The number of ether oxygens (including phenoxy) is 2. The maximum Gasteiger partial charge on any atom is 0.200 e. The Morgan fingerprint density at radius 2 is 1.76 bits per heavy atom. The third-order valence-electron chi connectivity index (χ3n) is 4.17. The topological polar surface area (TPSA) is 41.9 Å². The van der Waals surface area contributed by atoms with E-state index in [0.29, 0.717) is 24.0 Å². The van der Waals surface area contributed by atoms with Crippen LogP contribution in [0.4, 0.5) is 4.39 Å². The van der Waals surface area contributed by atoms with Crippen LogP contribution in [0.15, 0.2) is 12.1 Å². The molecule has 2 rings (SSSR count). The molecule has 5 heteroatoms. The van der Waals surface area contributed by atoms with Crippen molar-refractivity contribution >= 4 is 0 Å². The lowest BCUT2D eigenvalue weighted by Gasteiger charge is -2.31. The Balaban J connectivity index is 2.00. The third kappa shape index (κ3) is 4.00. The van der Waals surface area contributed by atoms with Gasteiger partial charge in [0, 0.05) is 6.54 Å². The molecule has 4 nitrogen and oxygen atoms in total. The number of piperidine rings is 1. The van der Waals surface area contributed by atoms with Crippen LogP contribution in [0.2, 0.25) is 0 Å². The largest absolute Gasteiger partial charge is 0.502 e. The first-order valence-electron chi connectivity index (χ1n) is 7.40. The number of nitrogens with zero attached hydrogens (tertiary/aromatic N) is 1. The summed E-state index contributed by atoms with van der Waals surface area (Å²) in [6.45, 7) is 2.20. The van der Waals surface area contributed by atoms with Gasteiger partial charge in [0.15, 0.2) is 11.5 Å². The molecule has 1 aliphatic rings. The zero-order valence-corrected chi connectivity index (χ0v) is 12.8. The van der Waals surface area contributed by atoms with Crippen molar-refractivity contribution in [2.45, 2.75) is 19.3 Å². The molecule has 1 heterocycles. The van der Waals surface area contributed by atoms with Gasteiger partial charge in [0.2, 0.25) is 5.75 Å². The van der Waals surface area contributed by atoms with Gasteiger partial charge in [-0.05, 0) is 56.0 Å². The van der Waals surface area contributed by atoms with E-state index in [2.05, 4.69) is 4.90 Å². The molecule has 0 radical (unpaired) electrons. The van der Waals surface area contributed by atoms with E-state index in [0.717, 1.165) is 37.9 Å². The Morgan fingerprint density at radius 1 is 1.19 bits per heavy atom. The summed E-state index contributed by atoms with van der Waals surface area (Å²) in [5.74, 6) is 1.51. The van der Waals surface area contributed by atoms with Crippen molar-refractivity contribution in [2.75, 3.05) is 40.5 Å². The Bertz CT molecular complexity index is 434. The third-order valence-corrected chi connectivity index (χ3v) is 4.17. The lowest BCUT2D eigenvalue weighted by molar-refractivity contribution is 0.172. The zero-order chi connectivity index (χ0) is 15.2. The molecule has 0 saturated carbocycles. The number of hydrogen-bond donors (Lipinski definition) is 1. The van der Waals surface area contributed by atoms with Gasteiger partial charge in [-0.25, -0.2) is 4.39 Å². The van der Waals surface area contributed by atoms with E-state index in [1.54, 1.807) is 0 Å². The summed E-state index contributed by atoms with van der Waals surface area (Å²) in [5.41, 5.74) is 1.10. The Morgan fingerprint density at radius 3 is 2.24 bits per heavy atom. The first-order valence-corrected chi connectivity index (χ1v) is 7.40. The zero-order valence-electron chi connectivity index (χ0n) is 12.8. The van der Waals surface area contributed by atoms with Crippen molar-refractivity contribution in [3.63, 3.8) is 0 Å². The average molecular weight is 297 g/mol. The molecule has 0 amide bonds. The highest BCUT2D eigenvalue weighted by atomic mass is 19.1. The highest BCUT2D eigenvalue weighted by molar-refractivity contribution is 5.52. The number of alkyl halides is 1. The molecule has 1 fully saturated rings. The molecular weight excluding hydrogens is 273 g/mol. The van der Waals surface area contributed by atoms with Crippen LogP contribution in [0.5, 0.6) is 17.2 Å². The van der Waals surface area contributed by atoms with Gasteiger partial charge in [-0.2, -0.15) is 0 Å². The van der Waals surface area contributed by atoms with E-state index in [9.17, 15) is 9.50 Å². The number of halogens is 1. The van der Waals surface area contributed by atoms with Crippen LogP contribution in [0, 0.1) is 5.92 Å². The fourth-order valence-corrected chi connectivity index (χ4v) is 2.93. The molecule has 118 valence electrons. The fraction of sp³-hybridized carbons (Fsp3) is 0.625. The first kappa shape index (κ1) is 15.9. The number of rotatable bonds is 6.